The molecule has 236 valence electrons. The predicted octanol–water partition coefficient (Wildman–Crippen LogP) is 5.28. The van der Waals surface area contributed by atoms with Crippen LogP contribution in [0.1, 0.15) is 35.6 Å². The molecule has 2 atom stereocenters. The van der Waals surface area contributed by atoms with Crippen LogP contribution in [0.5, 0.6) is 11.5 Å². The van der Waals surface area contributed by atoms with Gasteiger partial charge >= 0.3 is 12.6 Å². The third kappa shape index (κ3) is 7.75. The molecule has 9 nitrogen and oxygen atoms in total. The number of aliphatic hydroxyl groups is 1. The number of carbonyl (C=O) groups excluding carboxylic acids is 1. The second-order valence-corrected chi connectivity index (χ2v) is 14.1. The Morgan fingerprint density at radius 2 is 1.86 bits per heavy atom. The number of thioether (sulfide) groups is 1. The fraction of sp³-hybridized carbons (Fsp3) is 0.379. The molecule has 0 amide bonds. The van der Waals surface area contributed by atoms with Gasteiger partial charge in [0.25, 0.3) is 0 Å². The van der Waals surface area contributed by atoms with Crippen molar-refractivity contribution in [3.05, 3.63) is 81.6 Å². The van der Waals surface area contributed by atoms with Crippen molar-refractivity contribution >= 4 is 51.0 Å². The van der Waals surface area contributed by atoms with Crippen LogP contribution in [-0.2, 0) is 32.6 Å². The van der Waals surface area contributed by atoms with Crippen LogP contribution in [0.25, 0.3) is 0 Å². The molecule has 0 radical (unpaired) electrons. The lowest BCUT2D eigenvalue weighted by molar-refractivity contribution is -0.377. The van der Waals surface area contributed by atoms with Crippen LogP contribution in [0, 0.1) is 5.92 Å². The Labute approximate surface area is 267 Å². The lowest BCUT2D eigenvalue weighted by atomic mass is 10.0. The van der Waals surface area contributed by atoms with Crippen molar-refractivity contribution in [1.82, 2.24) is 4.31 Å². The number of benzene rings is 2. The number of alkyl halides is 2. The molecule has 0 spiro atoms. The van der Waals surface area contributed by atoms with Crippen molar-refractivity contribution in [1.29, 1.82) is 0 Å². The average molecular weight is 691 g/mol. The minimum absolute atomic E-state index is 0.0160. The van der Waals surface area contributed by atoms with Crippen LogP contribution in [0.4, 0.5) is 8.78 Å². The van der Waals surface area contributed by atoms with E-state index in [1.165, 1.54) is 48.8 Å². The predicted molar refractivity (Wildman–Crippen MR) is 159 cm³/mol. The molecule has 2 N–H and O–H groups in total. The molecule has 1 saturated carbocycles. The van der Waals surface area contributed by atoms with Crippen LogP contribution in [-0.4, -0.2) is 54.7 Å². The number of nitrogens with one attached hydrogen (secondary N) is 1. The number of nitrogens with zero attached hydrogens (tertiary/aromatic N) is 1. The zero-order valence-corrected chi connectivity index (χ0v) is 26.3. The smallest absolute Gasteiger partial charge is 0.387 e. The maximum Gasteiger partial charge on any atom is 0.387 e. The Morgan fingerprint density at radius 3 is 2.55 bits per heavy atom. The Morgan fingerprint density at radius 1 is 1.11 bits per heavy atom. The maximum atomic E-state index is 13.7. The van der Waals surface area contributed by atoms with Crippen molar-refractivity contribution in [3.63, 3.8) is 0 Å². The Balaban J connectivity index is 1.46. The van der Waals surface area contributed by atoms with Gasteiger partial charge in [0.2, 0.25) is 10.0 Å². The number of ether oxygens (including phenoxy) is 3. The van der Waals surface area contributed by atoms with Gasteiger partial charge in [-0.2, -0.15) is 13.1 Å². The first-order valence-electron chi connectivity index (χ1n) is 13.7. The summed E-state index contributed by atoms with van der Waals surface area (Å²) in [5.41, 5.74) is 1.23. The van der Waals surface area contributed by atoms with Crippen molar-refractivity contribution < 1.29 is 46.3 Å². The number of esters is 1. The highest BCUT2D eigenvalue weighted by Crippen LogP contribution is 2.39. The monoisotopic (exact) mass is 689 g/mol. The summed E-state index contributed by atoms with van der Waals surface area (Å²) in [5.74, 6) is -0.294. The van der Waals surface area contributed by atoms with Gasteiger partial charge in [0.1, 0.15) is 16.1 Å². The van der Waals surface area contributed by atoms with Gasteiger partial charge in [-0.15, -0.1) is 11.8 Å². The lowest BCUT2D eigenvalue weighted by Crippen LogP contribution is -2.40. The van der Waals surface area contributed by atoms with E-state index in [4.69, 9.17) is 32.7 Å². The van der Waals surface area contributed by atoms with Crippen molar-refractivity contribution in [2.75, 3.05) is 18.9 Å². The SMILES string of the molecule is O=C(O[C@@H](Cc1c(Cl)c[nH+]cc1Cl)c1ccc(OC(F)F)c(OCC2CC2)c1)[C@@H]1SCCN1S(=O)(=O)c1cccc(CO)c1. The third-order valence-electron chi connectivity index (χ3n) is 7.11. The number of sulfonamides is 1. The molecule has 2 fully saturated rings. The van der Waals surface area contributed by atoms with Crippen LogP contribution in [0.2, 0.25) is 10.0 Å². The lowest BCUT2D eigenvalue weighted by Gasteiger charge is -2.26. The van der Waals surface area contributed by atoms with Crippen LogP contribution in [0.15, 0.2) is 59.8 Å². The zero-order chi connectivity index (χ0) is 31.4. The molecule has 5 rings (SSSR count). The average Bonchev–Trinajstić information content (AvgIpc) is 3.69. The second-order valence-electron chi connectivity index (χ2n) is 10.2. The number of pyridine rings is 1. The van der Waals surface area contributed by atoms with Crippen molar-refractivity contribution in [2.45, 2.75) is 48.9 Å². The van der Waals surface area contributed by atoms with Gasteiger partial charge in [0.05, 0.1) is 18.1 Å². The number of carbonyl (C=O) groups is 1. The molecule has 0 unspecified atom stereocenters. The van der Waals surface area contributed by atoms with Gasteiger partial charge in [-0.1, -0.05) is 41.4 Å². The fourth-order valence-corrected chi connectivity index (χ4v) is 8.28. The molecule has 1 saturated heterocycles. The summed E-state index contributed by atoms with van der Waals surface area (Å²) in [6.07, 6.45) is 3.87. The maximum absolute atomic E-state index is 13.7. The minimum Gasteiger partial charge on any atom is -0.489 e. The number of rotatable bonds is 13. The quantitative estimate of drug-likeness (QED) is 0.241. The van der Waals surface area contributed by atoms with E-state index in [1.54, 1.807) is 6.07 Å². The molecule has 1 aliphatic carbocycles. The van der Waals surface area contributed by atoms with Crippen LogP contribution >= 0.6 is 35.0 Å². The molecule has 0 bridgehead atoms. The molecular formula is C29H29Cl2F2N2O7S2+. The normalized spacial score (nSPS) is 17.9. The summed E-state index contributed by atoms with van der Waals surface area (Å²) >= 11 is 13.9. The molecular weight excluding hydrogens is 661 g/mol. The molecule has 1 aromatic heterocycles. The number of hydrogen-bond donors (Lipinski definition) is 1. The number of aliphatic hydroxyl groups excluding tert-OH is 1. The van der Waals surface area contributed by atoms with E-state index in [0.717, 1.165) is 28.9 Å². The van der Waals surface area contributed by atoms with Gasteiger partial charge in [-0.3, -0.25) is 0 Å². The van der Waals surface area contributed by atoms with E-state index in [0.29, 0.717) is 35.0 Å². The van der Waals surface area contributed by atoms with Gasteiger partial charge in [-0.05, 0) is 54.2 Å². The number of halogens is 4. The number of hydrogen-bond acceptors (Lipinski definition) is 8. The first-order valence-corrected chi connectivity index (χ1v) is 16.9. The van der Waals surface area contributed by atoms with E-state index in [2.05, 4.69) is 9.72 Å². The first-order chi connectivity index (χ1) is 21.1. The van der Waals surface area contributed by atoms with E-state index in [-0.39, 0.29) is 46.0 Å². The van der Waals surface area contributed by atoms with E-state index in [1.807, 2.05) is 0 Å². The molecule has 2 aliphatic rings. The summed E-state index contributed by atoms with van der Waals surface area (Å²) < 4.78 is 70.9. The third-order valence-corrected chi connectivity index (χ3v) is 11.0. The van der Waals surface area contributed by atoms with E-state index < -0.39 is 34.1 Å². The number of H-pyrrole nitrogens is 1. The van der Waals surface area contributed by atoms with Crippen molar-refractivity contribution in [2.24, 2.45) is 5.92 Å². The van der Waals surface area contributed by atoms with Gasteiger partial charge < -0.3 is 19.3 Å². The van der Waals surface area contributed by atoms with Gasteiger partial charge in [0, 0.05) is 24.3 Å². The summed E-state index contributed by atoms with van der Waals surface area (Å²) in [4.78, 5) is 16.5. The van der Waals surface area contributed by atoms with Gasteiger partial charge in [0.15, 0.2) is 29.3 Å². The summed E-state index contributed by atoms with van der Waals surface area (Å²) in [6, 6.07) is 10.1. The zero-order valence-electron chi connectivity index (χ0n) is 23.1. The number of aromatic nitrogens is 1. The minimum atomic E-state index is -4.13. The largest absolute Gasteiger partial charge is 0.489 e. The van der Waals surface area contributed by atoms with E-state index >= 15 is 0 Å². The fourth-order valence-electron chi connectivity index (χ4n) is 4.63. The Hall–Kier alpha value is -2.68. The Bertz CT molecular complexity index is 1590. The summed E-state index contributed by atoms with van der Waals surface area (Å²) in [5, 5.41) is 8.81. The molecule has 1 aliphatic heterocycles. The molecule has 3 aromatic rings. The highest BCUT2D eigenvalue weighted by atomic mass is 35.5. The van der Waals surface area contributed by atoms with Crippen LogP contribution in [0.3, 0.4) is 0 Å². The molecule has 2 heterocycles. The van der Waals surface area contributed by atoms with E-state index in [9.17, 15) is 27.1 Å². The summed E-state index contributed by atoms with van der Waals surface area (Å²) in [7, 11) is -4.13. The second kappa shape index (κ2) is 14.2. The molecule has 15 heteroatoms. The summed E-state index contributed by atoms with van der Waals surface area (Å²) in [6.45, 7) is -3.06. The standard InChI is InChI=1S/C29H28Cl2F2N2O7S2/c30-22-13-34-14-23(31)21(22)12-25(19-6-7-24(42-29(32)33)26(11-19)40-16-17-4-5-17)41-28(37)27-35(8-9-43-27)44(38,39)20-3-1-2-18(10-20)15-36/h1-3,6-7,10-11,13-14,17,25,27,29,36H,4-5,8-9,12,15-16H2/p+1/t25-,27-/m0/s1. The Kier molecular flexibility index (Phi) is 10.5. The van der Waals surface area contributed by atoms with Crippen LogP contribution < -0.4 is 14.5 Å². The molecule has 44 heavy (non-hydrogen) atoms. The van der Waals surface area contributed by atoms with Crippen molar-refractivity contribution in [3.8, 4) is 11.5 Å². The molecule has 2 aromatic carbocycles. The highest BCUT2D eigenvalue weighted by molar-refractivity contribution is 8.02. The highest BCUT2D eigenvalue weighted by Gasteiger charge is 2.42. The topological polar surface area (TPSA) is 117 Å². The number of aromatic amines is 1. The van der Waals surface area contributed by atoms with Gasteiger partial charge in [-0.25, -0.2) is 18.2 Å². The first kappa shape index (κ1) is 32.7.